The standard InChI is InChI=1S/C22H40O/c1-3-5-6-7-8-19-9-11-20(12-10-19)13-14-21-15-17-22(18-16-21)23-4-2/h3,5,19-22H,4,6-18H2,1-2H3/b5-3-/t19-,20-,21-,22-. The molecule has 0 aromatic heterocycles. The van der Waals surface area contributed by atoms with Crippen LogP contribution in [0.2, 0.25) is 0 Å². The molecule has 1 heteroatoms. The molecule has 2 aliphatic carbocycles. The molecule has 0 saturated heterocycles. The fraction of sp³-hybridized carbons (Fsp3) is 0.909. The Morgan fingerprint density at radius 2 is 1.30 bits per heavy atom. The highest BCUT2D eigenvalue weighted by molar-refractivity contribution is 4.79. The largest absolute Gasteiger partial charge is 0.379 e. The molecule has 2 fully saturated rings. The Labute approximate surface area is 145 Å². The Balaban J connectivity index is 1.51. The van der Waals surface area contributed by atoms with E-state index in [1.54, 1.807) is 0 Å². The van der Waals surface area contributed by atoms with Crippen molar-refractivity contribution in [1.29, 1.82) is 0 Å². The van der Waals surface area contributed by atoms with Crippen LogP contribution in [-0.4, -0.2) is 12.7 Å². The van der Waals surface area contributed by atoms with Crippen LogP contribution in [0.1, 0.15) is 97.3 Å². The van der Waals surface area contributed by atoms with Crippen molar-refractivity contribution in [2.24, 2.45) is 17.8 Å². The fourth-order valence-electron chi connectivity index (χ4n) is 4.79. The van der Waals surface area contributed by atoms with Crippen molar-refractivity contribution in [1.82, 2.24) is 0 Å². The highest BCUT2D eigenvalue weighted by Gasteiger charge is 2.24. The Hall–Kier alpha value is -0.300. The van der Waals surface area contributed by atoms with E-state index in [2.05, 4.69) is 26.0 Å². The number of rotatable bonds is 9. The molecule has 134 valence electrons. The monoisotopic (exact) mass is 320 g/mol. The second-order valence-corrected chi connectivity index (χ2v) is 8.06. The molecule has 0 amide bonds. The Kier molecular flexibility index (Phi) is 9.34. The van der Waals surface area contributed by atoms with Gasteiger partial charge < -0.3 is 4.74 Å². The molecule has 0 bridgehead atoms. The van der Waals surface area contributed by atoms with E-state index in [0.717, 1.165) is 24.4 Å². The van der Waals surface area contributed by atoms with Crippen LogP contribution in [0, 0.1) is 17.8 Å². The van der Waals surface area contributed by atoms with Crippen LogP contribution in [0.15, 0.2) is 12.2 Å². The van der Waals surface area contributed by atoms with E-state index >= 15 is 0 Å². The van der Waals surface area contributed by atoms with Crippen LogP contribution >= 0.6 is 0 Å². The summed E-state index contributed by atoms with van der Waals surface area (Å²) >= 11 is 0. The Morgan fingerprint density at radius 3 is 1.83 bits per heavy atom. The summed E-state index contributed by atoms with van der Waals surface area (Å²) in [5.41, 5.74) is 0. The molecule has 0 spiro atoms. The van der Waals surface area contributed by atoms with Crippen LogP contribution in [0.25, 0.3) is 0 Å². The average molecular weight is 321 g/mol. The molecule has 23 heavy (non-hydrogen) atoms. The zero-order valence-corrected chi connectivity index (χ0v) is 15.8. The van der Waals surface area contributed by atoms with Gasteiger partial charge >= 0.3 is 0 Å². The summed E-state index contributed by atoms with van der Waals surface area (Å²) in [6, 6.07) is 0. The molecule has 1 nitrogen and oxygen atoms in total. The summed E-state index contributed by atoms with van der Waals surface area (Å²) in [5.74, 6) is 3.09. The molecule has 0 atom stereocenters. The van der Waals surface area contributed by atoms with Gasteiger partial charge in [-0.2, -0.15) is 0 Å². The summed E-state index contributed by atoms with van der Waals surface area (Å²) in [6.45, 7) is 5.16. The van der Waals surface area contributed by atoms with Gasteiger partial charge in [0.1, 0.15) is 0 Å². The van der Waals surface area contributed by atoms with Crippen LogP contribution in [0.5, 0.6) is 0 Å². The second kappa shape index (κ2) is 11.3. The van der Waals surface area contributed by atoms with Crippen molar-refractivity contribution < 1.29 is 4.74 Å². The van der Waals surface area contributed by atoms with E-state index in [9.17, 15) is 0 Å². The maximum absolute atomic E-state index is 5.78. The van der Waals surface area contributed by atoms with Crippen molar-refractivity contribution >= 4 is 0 Å². The van der Waals surface area contributed by atoms with Gasteiger partial charge in [0.15, 0.2) is 0 Å². The molecule has 0 aromatic carbocycles. The second-order valence-electron chi connectivity index (χ2n) is 8.06. The van der Waals surface area contributed by atoms with Gasteiger partial charge in [-0.05, 0) is 70.1 Å². The molecule has 0 aliphatic heterocycles. The third-order valence-corrected chi connectivity index (χ3v) is 6.36. The highest BCUT2D eigenvalue weighted by Crippen LogP contribution is 2.37. The van der Waals surface area contributed by atoms with Gasteiger partial charge in [-0.15, -0.1) is 0 Å². The van der Waals surface area contributed by atoms with Gasteiger partial charge in [0.2, 0.25) is 0 Å². The summed E-state index contributed by atoms with van der Waals surface area (Å²) in [5, 5.41) is 0. The molecule has 0 radical (unpaired) electrons. The Bertz CT molecular complexity index is 306. The van der Waals surface area contributed by atoms with Crippen LogP contribution in [0.4, 0.5) is 0 Å². The van der Waals surface area contributed by atoms with E-state index in [1.807, 2.05) is 0 Å². The topological polar surface area (TPSA) is 9.23 Å². The molecular formula is C22H40O. The van der Waals surface area contributed by atoms with Crippen LogP contribution < -0.4 is 0 Å². The number of unbranched alkanes of at least 4 members (excludes halogenated alkanes) is 1. The van der Waals surface area contributed by atoms with Crippen LogP contribution in [0.3, 0.4) is 0 Å². The first-order valence-corrected chi connectivity index (χ1v) is 10.5. The molecule has 0 N–H and O–H groups in total. The summed E-state index contributed by atoms with van der Waals surface area (Å²) in [6.07, 6.45) is 23.8. The molecule has 2 saturated carbocycles. The van der Waals surface area contributed by atoms with E-state index in [-0.39, 0.29) is 0 Å². The number of hydrogen-bond acceptors (Lipinski definition) is 1. The van der Waals surface area contributed by atoms with Gasteiger partial charge in [0, 0.05) is 6.61 Å². The van der Waals surface area contributed by atoms with Crippen molar-refractivity contribution in [3.8, 4) is 0 Å². The maximum Gasteiger partial charge on any atom is 0.0575 e. The van der Waals surface area contributed by atoms with E-state index in [4.69, 9.17) is 4.74 Å². The van der Waals surface area contributed by atoms with Gasteiger partial charge in [-0.3, -0.25) is 0 Å². The smallest absolute Gasteiger partial charge is 0.0575 e. The third-order valence-electron chi connectivity index (χ3n) is 6.36. The predicted octanol–water partition coefficient (Wildman–Crippen LogP) is 6.91. The van der Waals surface area contributed by atoms with E-state index < -0.39 is 0 Å². The van der Waals surface area contributed by atoms with Crippen molar-refractivity contribution in [3.63, 3.8) is 0 Å². The minimum absolute atomic E-state index is 0.578. The molecule has 0 heterocycles. The quantitative estimate of drug-likeness (QED) is 0.331. The Morgan fingerprint density at radius 1 is 0.783 bits per heavy atom. The van der Waals surface area contributed by atoms with E-state index in [0.29, 0.717) is 6.10 Å². The lowest BCUT2D eigenvalue weighted by Crippen LogP contribution is -2.22. The minimum Gasteiger partial charge on any atom is -0.379 e. The zero-order chi connectivity index (χ0) is 16.3. The average Bonchev–Trinajstić information content (AvgIpc) is 2.59. The zero-order valence-electron chi connectivity index (χ0n) is 15.8. The first-order valence-electron chi connectivity index (χ1n) is 10.5. The highest BCUT2D eigenvalue weighted by atomic mass is 16.5. The third kappa shape index (κ3) is 7.42. The minimum atomic E-state index is 0.578. The molecule has 0 unspecified atom stereocenters. The molecule has 2 aliphatic rings. The number of allylic oxidation sites excluding steroid dienone is 2. The predicted molar refractivity (Wildman–Crippen MR) is 101 cm³/mol. The summed E-state index contributed by atoms with van der Waals surface area (Å²) in [4.78, 5) is 0. The van der Waals surface area contributed by atoms with Gasteiger partial charge in [0.25, 0.3) is 0 Å². The van der Waals surface area contributed by atoms with E-state index in [1.165, 1.54) is 83.5 Å². The van der Waals surface area contributed by atoms with Gasteiger partial charge in [-0.1, -0.05) is 57.1 Å². The normalized spacial score (nSPS) is 32.4. The molecular weight excluding hydrogens is 280 g/mol. The SMILES string of the molecule is C/C=C\CCC[C@H]1CC[C@H](CC[C@H]2CC[C@H](OCC)CC2)CC1. The fourth-order valence-corrected chi connectivity index (χ4v) is 4.79. The number of ether oxygens (including phenoxy) is 1. The van der Waals surface area contributed by atoms with Gasteiger partial charge in [-0.25, -0.2) is 0 Å². The lowest BCUT2D eigenvalue weighted by atomic mass is 9.76. The maximum atomic E-state index is 5.78. The molecule has 2 rings (SSSR count). The van der Waals surface area contributed by atoms with Crippen molar-refractivity contribution in [2.75, 3.05) is 6.61 Å². The van der Waals surface area contributed by atoms with Crippen LogP contribution in [-0.2, 0) is 4.74 Å². The lowest BCUT2D eigenvalue weighted by molar-refractivity contribution is 0.0238. The molecule has 0 aromatic rings. The number of hydrogen-bond donors (Lipinski definition) is 0. The van der Waals surface area contributed by atoms with Crippen molar-refractivity contribution in [3.05, 3.63) is 12.2 Å². The first kappa shape index (κ1) is 19.0. The summed E-state index contributed by atoms with van der Waals surface area (Å²) < 4.78 is 5.78. The summed E-state index contributed by atoms with van der Waals surface area (Å²) in [7, 11) is 0. The lowest BCUT2D eigenvalue weighted by Gasteiger charge is -2.32. The van der Waals surface area contributed by atoms with Gasteiger partial charge in [0.05, 0.1) is 6.10 Å². The first-order chi connectivity index (χ1) is 11.3. The van der Waals surface area contributed by atoms with Crippen molar-refractivity contribution in [2.45, 2.75) is 103 Å².